The van der Waals surface area contributed by atoms with Crippen LogP contribution in [0.5, 0.6) is 11.5 Å². The summed E-state index contributed by atoms with van der Waals surface area (Å²) >= 11 is 0. The highest BCUT2D eigenvalue weighted by Crippen LogP contribution is 2.41. The number of hydrogen-bond donors (Lipinski definition) is 0. The van der Waals surface area contributed by atoms with Crippen LogP contribution in [-0.2, 0) is 6.11 Å². The largest absolute Gasteiger partial charge is 0.432 e. The van der Waals surface area contributed by atoms with Crippen molar-refractivity contribution in [2.75, 3.05) is 0 Å². The molecule has 1 aliphatic rings. The lowest BCUT2D eigenvalue weighted by Gasteiger charge is -2.28. The maximum atomic E-state index is 15.1. The summed E-state index contributed by atoms with van der Waals surface area (Å²) < 4.78 is 163. The summed E-state index contributed by atoms with van der Waals surface area (Å²) in [5.41, 5.74) is -1.52. The van der Waals surface area contributed by atoms with Crippen LogP contribution in [0.3, 0.4) is 0 Å². The number of benzene rings is 4. The van der Waals surface area contributed by atoms with Crippen molar-refractivity contribution in [3.8, 4) is 33.8 Å². The van der Waals surface area contributed by atoms with Crippen molar-refractivity contribution in [2.24, 2.45) is 5.92 Å². The molecule has 4 aromatic carbocycles. The van der Waals surface area contributed by atoms with Crippen LogP contribution in [0.15, 0.2) is 78.9 Å². The molecule has 0 unspecified atom stereocenters. The highest BCUT2D eigenvalue weighted by Gasteiger charge is 2.41. The molecule has 5 rings (SSSR count). The topological polar surface area (TPSA) is 18.5 Å². The monoisotopic (exact) mass is 714 g/mol. The Morgan fingerprint density at radius 3 is 1.80 bits per heavy atom. The van der Waals surface area contributed by atoms with Crippen molar-refractivity contribution in [1.29, 1.82) is 0 Å². The molecule has 0 aromatic heterocycles. The van der Waals surface area contributed by atoms with Gasteiger partial charge in [0.2, 0.25) is 0 Å². The molecule has 0 saturated heterocycles. The van der Waals surface area contributed by atoms with Crippen LogP contribution in [0.25, 0.3) is 22.3 Å². The van der Waals surface area contributed by atoms with Gasteiger partial charge in [0.25, 0.3) is 6.08 Å². The van der Waals surface area contributed by atoms with Gasteiger partial charge in [-0.05, 0) is 96.2 Å². The van der Waals surface area contributed by atoms with Gasteiger partial charge in [-0.1, -0.05) is 44.0 Å². The molecule has 266 valence electrons. The van der Waals surface area contributed by atoms with Crippen molar-refractivity contribution >= 4 is 0 Å². The number of halogens is 11. The maximum Gasteiger partial charge on any atom is 0.432 e. The molecule has 4 aromatic rings. The van der Waals surface area contributed by atoms with Crippen LogP contribution in [-0.4, -0.2) is 6.11 Å². The van der Waals surface area contributed by atoms with E-state index >= 15 is 17.6 Å². The number of rotatable bonds is 11. The minimum atomic E-state index is -4.80. The van der Waals surface area contributed by atoms with Crippen molar-refractivity contribution in [1.82, 2.24) is 0 Å². The van der Waals surface area contributed by atoms with E-state index in [-0.39, 0.29) is 5.56 Å². The predicted molar refractivity (Wildman–Crippen MR) is 164 cm³/mol. The van der Waals surface area contributed by atoms with E-state index in [0.29, 0.717) is 35.7 Å². The summed E-state index contributed by atoms with van der Waals surface area (Å²) in [5.74, 6) is -9.92. The third-order valence-corrected chi connectivity index (χ3v) is 8.60. The Morgan fingerprint density at radius 2 is 1.26 bits per heavy atom. The molecule has 1 fully saturated rings. The first-order valence-electron chi connectivity index (χ1n) is 15.6. The molecule has 2 nitrogen and oxygen atoms in total. The van der Waals surface area contributed by atoms with Gasteiger partial charge in [0.05, 0.1) is 6.08 Å². The lowest BCUT2D eigenvalue weighted by molar-refractivity contribution is -0.189. The van der Waals surface area contributed by atoms with E-state index in [2.05, 4.69) is 16.4 Å². The standard InChI is InChI=1S/C37H29F11O2/c1-2-3-20-4-6-21(7-5-20)22-8-10-23(11-9-22)24-14-29(39)34(30(40)15-24)37(47,48)49-26-12-13-27(28(38)18-26)25-16-31(41)35(32(42)17-25)50-36(45,46)19-33(43)44/h8-21H,2-7H2,1H3. The molecule has 0 spiro atoms. The Hall–Kier alpha value is -4.55. The van der Waals surface area contributed by atoms with Crippen LogP contribution >= 0.6 is 0 Å². The molecule has 1 saturated carbocycles. The van der Waals surface area contributed by atoms with Crippen LogP contribution in [0.4, 0.5) is 48.3 Å². The van der Waals surface area contributed by atoms with Gasteiger partial charge >= 0.3 is 12.2 Å². The summed E-state index contributed by atoms with van der Waals surface area (Å²) in [6.07, 6.45) is -6.64. The predicted octanol–water partition coefficient (Wildman–Crippen LogP) is 12.7. The van der Waals surface area contributed by atoms with Crippen molar-refractivity contribution < 1.29 is 57.8 Å². The number of ether oxygens (including phenoxy) is 2. The lowest BCUT2D eigenvalue weighted by Crippen LogP contribution is -2.25. The van der Waals surface area contributed by atoms with Crippen LogP contribution in [0, 0.1) is 35.0 Å². The lowest BCUT2D eigenvalue weighted by atomic mass is 9.77. The Labute approximate surface area is 280 Å². The summed E-state index contributed by atoms with van der Waals surface area (Å²) in [5, 5.41) is 0. The zero-order valence-electron chi connectivity index (χ0n) is 26.3. The molecule has 50 heavy (non-hydrogen) atoms. The van der Waals surface area contributed by atoms with Crippen LogP contribution in [0.2, 0.25) is 0 Å². The fraction of sp³-hybridized carbons (Fsp3) is 0.297. The van der Waals surface area contributed by atoms with Gasteiger partial charge in [0, 0.05) is 11.6 Å². The summed E-state index contributed by atoms with van der Waals surface area (Å²) in [6, 6.07) is 10.9. The van der Waals surface area contributed by atoms with E-state index in [1.165, 1.54) is 6.42 Å². The van der Waals surface area contributed by atoms with Crippen molar-refractivity contribution in [3.05, 3.63) is 119 Å². The molecular weight excluding hydrogens is 685 g/mol. The molecule has 0 amide bonds. The molecule has 0 radical (unpaired) electrons. The first-order chi connectivity index (χ1) is 23.6. The van der Waals surface area contributed by atoms with Gasteiger partial charge in [-0.3, -0.25) is 0 Å². The average Bonchev–Trinajstić information content (AvgIpc) is 3.02. The molecule has 0 bridgehead atoms. The summed E-state index contributed by atoms with van der Waals surface area (Å²) in [4.78, 5) is 0. The van der Waals surface area contributed by atoms with Gasteiger partial charge in [0.1, 0.15) is 28.8 Å². The second-order valence-corrected chi connectivity index (χ2v) is 12.1. The Bertz CT molecular complexity index is 1810. The normalized spacial score (nSPS) is 16.6. The highest BCUT2D eigenvalue weighted by atomic mass is 19.3. The second-order valence-electron chi connectivity index (χ2n) is 12.1. The van der Waals surface area contributed by atoms with Gasteiger partial charge in [-0.2, -0.15) is 26.3 Å². The third-order valence-electron chi connectivity index (χ3n) is 8.60. The zero-order chi connectivity index (χ0) is 36.4. The molecule has 0 heterocycles. The van der Waals surface area contributed by atoms with Crippen LogP contribution < -0.4 is 9.47 Å². The van der Waals surface area contributed by atoms with Gasteiger partial charge in [-0.25, -0.2) is 22.0 Å². The second kappa shape index (κ2) is 14.7. The maximum absolute atomic E-state index is 15.1. The van der Waals surface area contributed by atoms with E-state index in [1.807, 2.05) is 12.1 Å². The first kappa shape index (κ1) is 36.7. The van der Waals surface area contributed by atoms with Gasteiger partial charge < -0.3 is 9.47 Å². The van der Waals surface area contributed by atoms with Crippen molar-refractivity contribution in [2.45, 2.75) is 63.6 Å². The SMILES string of the molecule is CCCC1CCC(c2ccc(-c3cc(F)c(C(F)(F)Oc4ccc(-c5cc(F)c(OC(F)(F)C=C(F)F)c(F)c5)c(F)c4)c(F)c3)cc2)CC1. The highest BCUT2D eigenvalue weighted by molar-refractivity contribution is 5.67. The quantitative estimate of drug-likeness (QED) is 0.144. The molecular formula is C37H29F11O2. The van der Waals surface area contributed by atoms with Crippen LogP contribution in [0.1, 0.15) is 62.5 Å². The molecule has 0 N–H and O–H groups in total. The van der Waals surface area contributed by atoms with Crippen molar-refractivity contribution in [3.63, 3.8) is 0 Å². The average molecular weight is 715 g/mol. The molecule has 1 aliphatic carbocycles. The van der Waals surface area contributed by atoms with E-state index in [9.17, 15) is 30.7 Å². The van der Waals surface area contributed by atoms with E-state index < -0.39 is 81.6 Å². The smallest absolute Gasteiger partial charge is 0.429 e. The molecule has 13 heteroatoms. The minimum absolute atomic E-state index is 0.00112. The van der Waals surface area contributed by atoms with E-state index in [4.69, 9.17) is 0 Å². The van der Waals surface area contributed by atoms with Gasteiger partial charge in [-0.15, -0.1) is 0 Å². The third kappa shape index (κ3) is 8.42. The van der Waals surface area contributed by atoms with Gasteiger partial charge in [0.15, 0.2) is 17.4 Å². The number of alkyl halides is 4. The minimum Gasteiger partial charge on any atom is -0.429 e. The van der Waals surface area contributed by atoms with E-state index in [0.717, 1.165) is 61.8 Å². The Kier molecular flexibility index (Phi) is 10.8. The molecule has 0 aliphatic heterocycles. The first-order valence-corrected chi connectivity index (χ1v) is 15.6. The zero-order valence-corrected chi connectivity index (χ0v) is 26.3. The Morgan fingerprint density at radius 1 is 0.680 bits per heavy atom. The molecule has 0 atom stereocenters. The fourth-order valence-electron chi connectivity index (χ4n) is 6.26. The fourth-order valence-corrected chi connectivity index (χ4v) is 6.26. The summed E-state index contributed by atoms with van der Waals surface area (Å²) in [7, 11) is 0. The summed E-state index contributed by atoms with van der Waals surface area (Å²) in [6.45, 7) is 2.16. The van der Waals surface area contributed by atoms with E-state index in [1.54, 1.807) is 12.1 Å². The number of hydrogen-bond acceptors (Lipinski definition) is 2. The Balaban J connectivity index is 1.31.